The first-order valence-corrected chi connectivity index (χ1v) is 7.39. The van der Waals surface area contributed by atoms with Crippen molar-refractivity contribution in [3.8, 4) is 0 Å². The zero-order valence-electron chi connectivity index (χ0n) is 11.4. The number of hydrogen-bond donors (Lipinski definition) is 1. The lowest BCUT2D eigenvalue weighted by atomic mass is 9.81. The number of hydrogen-bond acceptors (Lipinski definition) is 2. The van der Waals surface area contributed by atoms with Gasteiger partial charge in [0.2, 0.25) is 0 Å². The lowest BCUT2D eigenvalue weighted by Gasteiger charge is -2.29. The molecule has 2 fully saturated rings. The van der Waals surface area contributed by atoms with Crippen molar-refractivity contribution in [2.75, 3.05) is 6.54 Å². The second-order valence-electron chi connectivity index (χ2n) is 5.77. The molecule has 1 aromatic carbocycles. The molecule has 2 nitrogen and oxygen atoms in total. The van der Waals surface area contributed by atoms with Crippen LogP contribution in [0.4, 0.5) is 4.39 Å². The topological polar surface area (TPSA) is 21.3 Å². The van der Waals surface area contributed by atoms with E-state index in [1.54, 1.807) is 12.1 Å². The summed E-state index contributed by atoms with van der Waals surface area (Å²) in [6.45, 7) is 3.08. The summed E-state index contributed by atoms with van der Waals surface area (Å²) in [7, 11) is 0. The molecular formula is C16H22FNO. The normalized spacial score (nSPS) is 30.7. The lowest BCUT2D eigenvalue weighted by Crippen LogP contribution is -2.42. The van der Waals surface area contributed by atoms with Crippen LogP contribution in [-0.4, -0.2) is 24.8 Å². The molecule has 0 aromatic heterocycles. The number of rotatable bonds is 5. The Labute approximate surface area is 114 Å². The van der Waals surface area contributed by atoms with E-state index < -0.39 is 0 Å². The Morgan fingerprint density at radius 2 is 2.32 bits per heavy atom. The van der Waals surface area contributed by atoms with Gasteiger partial charge in [-0.1, -0.05) is 19.1 Å². The first-order chi connectivity index (χ1) is 9.26. The highest BCUT2D eigenvalue weighted by Gasteiger charge is 2.43. The Morgan fingerprint density at radius 3 is 2.95 bits per heavy atom. The zero-order chi connectivity index (χ0) is 13.2. The standard InChI is InChI=1S/C16H22FNO/c1-2-18-15(9-11-4-3-5-12(17)8-11)14-10-13-6-7-16(14)19-13/h3-5,8,13-16,18H,2,6-7,9-10H2,1H3. The van der Waals surface area contributed by atoms with Crippen LogP contribution in [0.25, 0.3) is 0 Å². The van der Waals surface area contributed by atoms with Crippen LogP contribution in [0.1, 0.15) is 31.7 Å². The Morgan fingerprint density at radius 1 is 1.42 bits per heavy atom. The highest BCUT2D eigenvalue weighted by atomic mass is 19.1. The van der Waals surface area contributed by atoms with E-state index in [1.807, 2.05) is 6.07 Å². The van der Waals surface area contributed by atoms with E-state index in [2.05, 4.69) is 12.2 Å². The van der Waals surface area contributed by atoms with Gasteiger partial charge in [0.05, 0.1) is 12.2 Å². The molecule has 2 aliphatic heterocycles. The van der Waals surface area contributed by atoms with Gasteiger partial charge in [-0.25, -0.2) is 4.39 Å². The number of halogens is 1. The van der Waals surface area contributed by atoms with E-state index in [1.165, 1.54) is 18.9 Å². The minimum Gasteiger partial charge on any atom is -0.375 e. The number of likely N-dealkylation sites (N-methyl/N-ethyl adjacent to an activating group) is 1. The van der Waals surface area contributed by atoms with Gasteiger partial charge in [0.25, 0.3) is 0 Å². The monoisotopic (exact) mass is 263 g/mol. The summed E-state index contributed by atoms with van der Waals surface area (Å²) < 4.78 is 19.2. The van der Waals surface area contributed by atoms with Crippen LogP contribution in [0, 0.1) is 11.7 Å². The molecule has 4 atom stereocenters. The summed E-state index contributed by atoms with van der Waals surface area (Å²) in [5.41, 5.74) is 1.08. The van der Waals surface area contributed by atoms with Crippen LogP contribution >= 0.6 is 0 Å². The minimum absolute atomic E-state index is 0.142. The third kappa shape index (κ3) is 2.82. The maximum atomic E-state index is 13.3. The first kappa shape index (κ1) is 13.1. The summed E-state index contributed by atoms with van der Waals surface area (Å²) >= 11 is 0. The van der Waals surface area contributed by atoms with E-state index in [0.29, 0.717) is 24.2 Å². The van der Waals surface area contributed by atoms with Crippen LogP contribution in [0.2, 0.25) is 0 Å². The maximum Gasteiger partial charge on any atom is 0.123 e. The maximum absolute atomic E-state index is 13.3. The number of nitrogens with one attached hydrogen (secondary N) is 1. The summed E-state index contributed by atoms with van der Waals surface area (Å²) in [4.78, 5) is 0. The molecule has 0 saturated carbocycles. The average Bonchev–Trinajstić information content (AvgIpc) is 3.00. The molecule has 1 N–H and O–H groups in total. The highest BCUT2D eigenvalue weighted by molar-refractivity contribution is 5.18. The summed E-state index contributed by atoms with van der Waals surface area (Å²) in [5.74, 6) is 0.443. The molecule has 4 unspecified atom stereocenters. The van der Waals surface area contributed by atoms with E-state index in [9.17, 15) is 4.39 Å². The molecule has 3 rings (SSSR count). The highest BCUT2D eigenvalue weighted by Crippen LogP contribution is 2.41. The van der Waals surface area contributed by atoms with Crippen molar-refractivity contribution in [3.63, 3.8) is 0 Å². The van der Waals surface area contributed by atoms with Gasteiger partial charge in [-0.05, 0) is 49.9 Å². The molecule has 0 aliphatic carbocycles. The average molecular weight is 263 g/mol. The predicted octanol–water partition coefficient (Wildman–Crippen LogP) is 2.91. The molecule has 1 aromatic rings. The second-order valence-corrected chi connectivity index (χ2v) is 5.77. The van der Waals surface area contributed by atoms with Crippen LogP contribution in [0.15, 0.2) is 24.3 Å². The van der Waals surface area contributed by atoms with Crippen LogP contribution < -0.4 is 5.32 Å². The second kappa shape index (κ2) is 5.59. The molecule has 3 heteroatoms. The van der Waals surface area contributed by atoms with E-state index in [-0.39, 0.29) is 5.82 Å². The summed E-state index contributed by atoms with van der Waals surface area (Å²) in [5, 5.41) is 3.57. The van der Waals surface area contributed by atoms with Crippen molar-refractivity contribution in [1.29, 1.82) is 0 Å². The summed E-state index contributed by atoms with van der Waals surface area (Å²) in [6.07, 6.45) is 5.37. The molecule has 2 heterocycles. The third-order valence-corrected chi connectivity index (χ3v) is 4.48. The van der Waals surface area contributed by atoms with Crippen molar-refractivity contribution >= 4 is 0 Å². The van der Waals surface area contributed by atoms with Crippen molar-refractivity contribution in [3.05, 3.63) is 35.6 Å². The molecule has 0 radical (unpaired) electrons. The van der Waals surface area contributed by atoms with Gasteiger partial charge in [-0.15, -0.1) is 0 Å². The van der Waals surface area contributed by atoms with E-state index in [0.717, 1.165) is 24.9 Å². The SMILES string of the molecule is CCNC(Cc1cccc(F)c1)C1CC2CCC1O2. The van der Waals surface area contributed by atoms with Gasteiger partial charge in [-0.3, -0.25) is 0 Å². The fourth-order valence-electron chi connectivity index (χ4n) is 3.66. The Hall–Kier alpha value is -0.930. The molecule has 2 saturated heterocycles. The van der Waals surface area contributed by atoms with Gasteiger partial charge in [0.15, 0.2) is 0 Å². The third-order valence-electron chi connectivity index (χ3n) is 4.48. The molecule has 19 heavy (non-hydrogen) atoms. The van der Waals surface area contributed by atoms with Crippen LogP contribution in [0.5, 0.6) is 0 Å². The Bertz CT molecular complexity index is 437. The van der Waals surface area contributed by atoms with Crippen molar-refractivity contribution < 1.29 is 9.13 Å². The van der Waals surface area contributed by atoms with Gasteiger partial charge >= 0.3 is 0 Å². The zero-order valence-corrected chi connectivity index (χ0v) is 11.4. The Balaban J connectivity index is 1.70. The van der Waals surface area contributed by atoms with E-state index in [4.69, 9.17) is 4.74 Å². The molecule has 0 spiro atoms. The fraction of sp³-hybridized carbons (Fsp3) is 0.625. The largest absolute Gasteiger partial charge is 0.375 e. The summed E-state index contributed by atoms with van der Waals surface area (Å²) in [6, 6.07) is 7.37. The number of fused-ring (bicyclic) bond motifs is 2. The van der Waals surface area contributed by atoms with Crippen LogP contribution in [0.3, 0.4) is 0 Å². The van der Waals surface area contributed by atoms with Gasteiger partial charge in [0.1, 0.15) is 5.82 Å². The molecule has 2 bridgehead atoms. The smallest absolute Gasteiger partial charge is 0.123 e. The van der Waals surface area contributed by atoms with Gasteiger partial charge in [0, 0.05) is 12.0 Å². The van der Waals surface area contributed by atoms with Gasteiger partial charge in [-0.2, -0.15) is 0 Å². The molecular weight excluding hydrogens is 241 g/mol. The quantitative estimate of drug-likeness (QED) is 0.882. The van der Waals surface area contributed by atoms with Crippen molar-refractivity contribution in [1.82, 2.24) is 5.32 Å². The van der Waals surface area contributed by atoms with Crippen molar-refractivity contribution in [2.24, 2.45) is 5.92 Å². The molecule has 2 aliphatic rings. The van der Waals surface area contributed by atoms with Crippen LogP contribution in [-0.2, 0) is 11.2 Å². The fourth-order valence-corrected chi connectivity index (χ4v) is 3.66. The van der Waals surface area contributed by atoms with Gasteiger partial charge < -0.3 is 10.1 Å². The minimum atomic E-state index is -0.142. The molecule has 104 valence electrons. The lowest BCUT2D eigenvalue weighted by molar-refractivity contribution is 0.0858. The predicted molar refractivity (Wildman–Crippen MR) is 73.6 cm³/mol. The number of benzene rings is 1. The molecule has 0 amide bonds. The van der Waals surface area contributed by atoms with Crippen molar-refractivity contribution in [2.45, 2.75) is 50.9 Å². The van der Waals surface area contributed by atoms with E-state index >= 15 is 0 Å². The number of ether oxygens (including phenoxy) is 1. The first-order valence-electron chi connectivity index (χ1n) is 7.39. The Kier molecular flexibility index (Phi) is 3.85.